The average molecular weight is 155 g/mol. The summed E-state index contributed by atoms with van der Waals surface area (Å²) in [4.78, 5) is 10.6. The Hall–Kier alpha value is -0.570. The van der Waals surface area contributed by atoms with Crippen LogP contribution in [0.15, 0.2) is 0 Å². The molecule has 0 heterocycles. The maximum atomic E-state index is 10.6. The first-order valence-electron chi connectivity index (χ1n) is 4.11. The Balaban J connectivity index is 1.92. The molecule has 2 N–H and O–H groups in total. The Morgan fingerprint density at radius 2 is 2.18 bits per heavy atom. The number of nitrogens with two attached hydrogens (primary N) is 1. The minimum Gasteiger partial charge on any atom is -0.462 e. The van der Waals surface area contributed by atoms with E-state index in [1.165, 1.54) is 13.3 Å². The first kappa shape index (κ1) is 7.10. The topological polar surface area (TPSA) is 52.3 Å². The van der Waals surface area contributed by atoms with Crippen LogP contribution in [0.5, 0.6) is 0 Å². The number of fused-ring (bicyclic) bond motifs is 1. The van der Waals surface area contributed by atoms with E-state index in [1.54, 1.807) is 0 Å². The summed E-state index contributed by atoms with van der Waals surface area (Å²) in [6.45, 7) is 1.46. The van der Waals surface area contributed by atoms with E-state index in [1.807, 2.05) is 0 Å². The quantitative estimate of drug-likeness (QED) is 0.553. The van der Waals surface area contributed by atoms with Gasteiger partial charge in [0.1, 0.15) is 6.10 Å². The molecule has 0 amide bonds. The van der Waals surface area contributed by atoms with E-state index in [9.17, 15) is 4.79 Å². The lowest BCUT2D eigenvalue weighted by molar-refractivity contribution is -0.147. The van der Waals surface area contributed by atoms with Crippen molar-refractivity contribution < 1.29 is 9.53 Å². The molecule has 0 aromatic carbocycles. The zero-order valence-electron chi connectivity index (χ0n) is 6.62. The maximum absolute atomic E-state index is 10.6. The summed E-state index contributed by atoms with van der Waals surface area (Å²) in [5.74, 6) is 1.07. The smallest absolute Gasteiger partial charge is 0.302 e. The second kappa shape index (κ2) is 2.21. The molecule has 0 saturated heterocycles. The first-order chi connectivity index (χ1) is 5.18. The van der Waals surface area contributed by atoms with Crippen LogP contribution in [0.1, 0.15) is 19.8 Å². The number of ether oxygens (including phenoxy) is 1. The fraction of sp³-hybridized carbons (Fsp3) is 0.875. The van der Waals surface area contributed by atoms with Crippen LogP contribution in [0, 0.1) is 11.8 Å². The second-order valence-corrected chi connectivity index (χ2v) is 3.61. The fourth-order valence-corrected chi connectivity index (χ4v) is 2.12. The SMILES string of the molecule is CC(=O)O[C@@H]1C[C@@H](N)[C@@H]2C[C@@H]21. The van der Waals surface area contributed by atoms with Crippen molar-refractivity contribution >= 4 is 5.97 Å². The molecule has 0 unspecified atom stereocenters. The molecule has 11 heavy (non-hydrogen) atoms. The number of hydrogen-bond acceptors (Lipinski definition) is 3. The van der Waals surface area contributed by atoms with Crippen molar-refractivity contribution in [2.24, 2.45) is 17.6 Å². The van der Waals surface area contributed by atoms with Crippen molar-refractivity contribution in [3.63, 3.8) is 0 Å². The zero-order valence-corrected chi connectivity index (χ0v) is 6.62. The summed E-state index contributed by atoms with van der Waals surface area (Å²) in [6, 6.07) is 0.282. The summed E-state index contributed by atoms with van der Waals surface area (Å²) >= 11 is 0. The highest BCUT2D eigenvalue weighted by Crippen LogP contribution is 2.52. The van der Waals surface area contributed by atoms with Gasteiger partial charge in [-0.3, -0.25) is 4.79 Å². The van der Waals surface area contributed by atoms with E-state index >= 15 is 0 Å². The van der Waals surface area contributed by atoms with Gasteiger partial charge in [0.2, 0.25) is 0 Å². The molecular weight excluding hydrogens is 142 g/mol. The Morgan fingerprint density at radius 3 is 2.55 bits per heavy atom. The standard InChI is InChI=1S/C8H13NO2/c1-4(10)11-8-3-7(9)5-2-6(5)8/h5-8H,2-3,9H2,1H3/t5-,6+,7-,8-/m1/s1. The van der Waals surface area contributed by atoms with Gasteiger partial charge >= 0.3 is 5.97 Å². The van der Waals surface area contributed by atoms with Crippen LogP contribution in [0.4, 0.5) is 0 Å². The number of rotatable bonds is 1. The van der Waals surface area contributed by atoms with E-state index < -0.39 is 0 Å². The van der Waals surface area contributed by atoms with Gasteiger partial charge in [0.15, 0.2) is 0 Å². The molecule has 2 saturated carbocycles. The lowest BCUT2D eigenvalue weighted by atomic mass is 10.1. The fourth-order valence-electron chi connectivity index (χ4n) is 2.12. The van der Waals surface area contributed by atoms with Crippen molar-refractivity contribution in [3.8, 4) is 0 Å². The molecule has 0 aromatic heterocycles. The van der Waals surface area contributed by atoms with Gasteiger partial charge in [0, 0.05) is 25.3 Å². The number of hydrogen-bond donors (Lipinski definition) is 1. The third-order valence-corrected chi connectivity index (χ3v) is 2.74. The summed E-state index contributed by atoms with van der Waals surface area (Å²) in [6.07, 6.45) is 2.17. The van der Waals surface area contributed by atoms with Crippen LogP contribution in [0.25, 0.3) is 0 Å². The Morgan fingerprint density at radius 1 is 1.45 bits per heavy atom. The van der Waals surface area contributed by atoms with Crippen LogP contribution in [0.2, 0.25) is 0 Å². The first-order valence-corrected chi connectivity index (χ1v) is 4.11. The van der Waals surface area contributed by atoms with Crippen molar-refractivity contribution in [1.29, 1.82) is 0 Å². The van der Waals surface area contributed by atoms with E-state index in [0.717, 1.165) is 6.42 Å². The van der Waals surface area contributed by atoms with Crippen LogP contribution in [-0.2, 0) is 9.53 Å². The predicted molar refractivity (Wildman–Crippen MR) is 39.7 cm³/mol. The van der Waals surface area contributed by atoms with E-state index in [0.29, 0.717) is 11.8 Å². The summed E-state index contributed by atoms with van der Waals surface area (Å²) < 4.78 is 5.12. The maximum Gasteiger partial charge on any atom is 0.302 e. The van der Waals surface area contributed by atoms with Gasteiger partial charge in [-0.15, -0.1) is 0 Å². The molecule has 3 nitrogen and oxygen atoms in total. The van der Waals surface area contributed by atoms with Gasteiger partial charge in [-0.1, -0.05) is 0 Å². The molecule has 0 spiro atoms. The molecule has 2 aliphatic carbocycles. The Labute approximate surface area is 65.9 Å². The van der Waals surface area contributed by atoms with Crippen LogP contribution < -0.4 is 5.73 Å². The average Bonchev–Trinajstić information content (AvgIpc) is 2.57. The van der Waals surface area contributed by atoms with Crippen LogP contribution in [-0.4, -0.2) is 18.1 Å². The minimum atomic E-state index is -0.172. The number of carbonyl (C=O) groups excluding carboxylic acids is 1. The van der Waals surface area contributed by atoms with Crippen LogP contribution in [0.3, 0.4) is 0 Å². The summed E-state index contributed by atoms with van der Waals surface area (Å²) in [5.41, 5.74) is 5.79. The molecule has 4 atom stereocenters. The summed E-state index contributed by atoms with van der Waals surface area (Å²) in [7, 11) is 0. The van der Waals surface area contributed by atoms with Gasteiger partial charge in [0.25, 0.3) is 0 Å². The molecule has 3 heteroatoms. The van der Waals surface area contributed by atoms with E-state index in [4.69, 9.17) is 10.5 Å². The molecule has 0 aliphatic heterocycles. The predicted octanol–water partition coefficient (Wildman–Crippen LogP) is 0.285. The molecule has 0 radical (unpaired) electrons. The Bertz CT molecular complexity index is 193. The largest absolute Gasteiger partial charge is 0.462 e. The monoisotopic (exact) mass is 155 g/mol. The van der Waals surface area contributed by atoms with Crippen molar-refractivity contribution in [1.82, 2.24) is 0 Å². The van der Waals surface area contributed by atoms with Crippen molar-refractivity contribution in [2.45, 2.75) is 31.9 Å². The molecule has 2 aliphatic rings. The van der Waals surface area contributed by atoms with E-state index in [-0.39, 0.29) is 18.1 Å². The lowest BCUT2D eigenvalue weighted by Gasteiger charge is -2.12. The van der Waals surface area contributed by atoms with Crippen LogP contribution >= 0.6 is 0 Å². The van der Waals surface area contributed by atoms with Gasteiger partial charge in [-0.2, -0.15) is 0 Å². The van der Waals surface area contributed by atoms with Gasteiger partial charge in [-0.25, -0.2) is 0 Å². The van der Waals surface area contributed by atoms with E-state index in [2.05, 4.69) is 0 Å². The minimum absolute atomic E-state index is 0.132. The molecule has 62 valence electrons. The highest BCUT2D eigenvalue weighted by Gasteiger charge is 2.54. The third kappa shape index (κ3) is 1.13. The number of esters is 1. The van der Waals surface area contributed by atoms with Gasteiger partial charge < -0.3 is 10.5 Å². The third-order valence-electron chi connectivity index (χ3n) is 2.74. The highest BCUT2D eigenvalue weighted by atomic mass is 16.5. The van der Waals surface area contributed by atoms with Gasteiger partial charge in [0.05, 0.1) is 0 Å². The normalized spacial score (nSPS) is 46.7. The molecule has 2 rings (SSSR count). The van der Waals surface area contributed by atoms with Crippen molar-refractivity contribution in [2.75, 3.05) is 0 Å². The van der Waals surface area contributed by atoms with Gasteiger partial charge in [-0.05, 0) is 12.3 Å². The number of carbonyl (C=O) groups is 1. The molecular formula is C8H13NO2. The second-order valence-electron chi connectivity index (χ2n) is 3.61. The van der Waals surface area contributed by atoms with Crippen molar-refractivity contribution in [3.05, 3.63) is 0 Å². The molecule has 2 fully saturated rings. The zero-order chi connectivity index (χ0) is 8.01. The highest BCUT2D eigenvalue weighted by molar-refractivity contribution is 5.66. The Kier molecular flexibility index (Phi) is 1.42. The lowest BCUT2D eigenvalue weighted by Crippen LogP contribution is -2.24. The molecule has 0 aromatic rings. The molecule has 0 bridgehead atoms. The summed E-state index contributed by atoms with van der Waals surface area (Å²) in [5, 5.41) is 0.